The van der Waals surface area contributed by atoms with Gasteiger partial charge >= 0.3 is 0 Å². The smallest absolute Gasteiger partial charge is 0.291 e. The van der Waals surface area contributed by atoms with Crippen LogP contribution in [0.1, 0.15) is 10.6 Å². The number of nitrogens with zero attached hydrogens (tertiary/aromatic N) is 3. The van der Waals surface area contributed by atoms with Crippen LogP contribution in [0.4, 0.5) is 5.69 Å². The highest BCUT2D eigenvalue weighted by molar-refractivity contribution is 6.03. The molecule has 0 bridgehead atoms. The minimum absolute atomic E-state index is 0.258. The quantitative estimate of drug-likeness (QED) is 0.776. The predicted octanol–water partition coefficient (Wildman–Crippen LogP) is 2.11. The zero-order chi connectivity index (χ0) is 13.1. The van der Waals surface area contributed by atoms with Crippen molar-refractivity contribution in [3.8, 4) is 5.69 Å². The number of para-hydroxylation sites is 2. The molecule has 0 fully saturated rings. The first-order chi connectivity index (χ1) is 9.34. The average molecular weight is 254 g/mol. The van der Waals surface area contributed by atoms with Gasteiger partial charge in [-0.15, -0.1) is 0 Å². The molecule has 2 aromatic heterocycles. The van der Waals surface area contributed by atoms with E-state index in [1.165, 1.54) is 12.6 Å². The molecule has 6 heteroatoms. The first-order valence-electron chi connectivity index (χ1n) is 5.63. The van der Waals surface area contributed by atoms with E-state index in [1.807, 2.05) is 18.2 Å². The van der Waals surface area contributed by atoms with Crippen molar-refractivity contribution < 1.29 is 9.21 Å². The Morgan fingerprint density at radius 1 is 1.21 bits per heavy atom. The van der Waals surface area contributed by atoms with E-state index in [2.05, 4.69) is 15.4 Å². The van der Waals surface area contributed by atoms with Crippen molar-refractivity contribution in [2.75, 3.05) is 5.32 Å². The molecule has 94 valence electrons. The average Bonchev–Trinajstić information content (AvgIpc) is 3.13. The highest BCUT2D eigenvalue weighted by atomic mass is 16.3. The molecule has 3 rings (SSSR count). The molecule has 19 heavy (non-hydrogen) atoms. The summed E-state index contributed by atoms with van der Waals surface area (Å²) in [4.78, 5) is 15.8. The van der Waals surface area contributed by atoms with Crippen molar-refractivity contribution in [2.45, 2.75) is 0 Å². The van der Waals surface area contributed by atoms with Gasteiger partial charge in [0.25, 0.3) is 5.91 Å². The van der Waals surface area contributed by atoms with Crippen LogP contribution in [0, 0.1) is 0 Å². The number of carbonyl (C=O) groups excluding carboxylic acids is 1. The van der Waals surface area contributed by atoms with Crippen LogP contribution in [0.2, 0.25) is 0 Å². The fourth-order valence-electron chi connectivity index (χ4n) is 1.70. The second kappa shape index (κ2) is 4.77. The fourth-order valence-corrected chi connectivity index (χ4v) is 1.70. The minimum atomic E-state index is -0.308. The summed E-state index contributed by atoms with van der Waals surface area (Å²) in [6.45, 7) is 0. The van der Waals surface area contributed by atoms with E-state index in [-0.39, 0.29) is 11.7 Å². The number of aromatic nitrogens is 3. The Morgan fingerprint density at radius 2 is 2.11 bits per heavy atom. The molecular weight excluding hydrogens is 244 g/mol. The second-order valence-electron chi connectivity index (χ2n) is 3.79. The van der Waals surface area contributed by atoms with Crippen molar-refractivity contribution in [3.63, 3.8) is 0 Å². The third kappa shape index (κ3) is 2.23. The Labute approximate surface area is 108 Å². The van der Waals surface area contributed by atoms with Crippen LogP contribution in [0.3, 0.4) is 0 Å². The summed E-state index contributed by atoms with van der Waals surface area (Å²) in [6, 6.07) is 10.6. The van der Waals surface area contributed by atoms with Gasteiger partial charge in [-0.1, -0.05) is 12.1 Å². The Balaban J connectivity index is 1.92. The van der Waals surface area contributed by atoms with E-state index in [4.69, 9.17) is 4.42 Å². The molecule has 0 unspecified atom stereocenters. The first-order valence-corrected chi connectivity index (χ1v) is 5.63. The fraction of sp³-hybridized carbons (Fsp3) is 0. The van der Waals surface area contributed by atoms with Crippen molar-refractivity contribution in [3.05, 3.63) is 61.1 Å². The molecule has 0 saturated carbocycles. The summed E-state index contributed by atoms with van der Waals surface area (Å²) < 4.78 is 6.63. The normalized spacial score (nSPS) is 10.3. The highest BCUT2D eigenvalue weighted by Crippen LogP contribution is 2.19. The van der Waals surface area contributed by atoms with Gasteiger partial charge in [-0.3, -0.25) is 4.79 Å². The van der Waals surface area contributed by atoms with Gasteiger partial charge in [-0.25, -0.2) is 9.67 Å². The number of nitrogens with one attached hydrogen (secondary N) is 1. The number of hydrogen-bond acceptors (Lipinski definition) is 4. The Kier molecular flexibility index (Phi) is 2.82. The lowest BCUT2D eigenvalue weighted by Crippen LogP contribution is -2.13. The molecule has 3 aromatic rings. The Hall–Kier alpha value is -2.89. The van der Waals surface area contributed by atoms with Crippen molar-refractivity contribution >= 4 is 11.6 Å². The molecule has 1 aromatic carbocycles. The molecule has 2 heterocycles. The van der Waals surface area contributed by atoms with Crippen LogP contribution < -0.4 is 5.32 Å². The van der Waals surface area contributed by atoms with E-state index in [0.29, 0.717) is 5.69 Å². The molecule has 0 aliphatic rings. The first kappa shape index (κ1) is 11.2. The van der Waals surface area contributed by atoms with Crippen LogP contribution in [0.5, 0.6) is 0 Å². The molecule has 0 radical (unpaired) electrons. The predicted molar refractivity (Wildman–Crippen MR) is 68.0 cm³/mol. The number of anilines is 1. The summed E-state index contributed by atoms with van der Waals surface area (Å²) in [5.74, 6) is -0.0500. The van der Waals surface area contributed by atoms with Gasteiger partial charge in [-0.05, 0) is 24.3 Å². The van der Waals surface area contributed by atoms with Gasteiger partial charge in [0, 0.05) is 0 Å². The molecule has 0 spiro atoms. The third-order valence-electron chi connectivity index (χ3n) is 2.56. The topological polar surface area (TPSA) is 73.0 Å². The molecule has 0 atom stereocenters. The van der Waals surface area contributed by atoms with Crippen molar-refractivity contribution in [1.82, 2.24) is 14.8 Å². The summed E-state index contributed by atoms with van der Waals surface area (Å²) in [5, 5.41) is 6.83. The number of benzene rings is 1. The summed E-state index contributed by atoms with van der Waals surface area (Å²) in [5.41, 5.74) is 1.37. The summed E-state index contributed by atoms with van der Waals surface area (Å²) in [6.07, 6.45) is 4.46. The van der Waals surface area contributed by atoms with E-state index in [0.717, 1.165) is 5.69 Å². The van der Waals surface area contributed by atoms with E-state index in [1.54, 1.807) is 29.2 Å². The van der Waals surface area contributed by atoms with Crippen LogP contribution in [-0.2, 0) is 0 Å². The third-order valence-corrected chi connectivity index (χ3v) is 2.56. The molecule has 1 N–H and O–H groups in total. The molecular formula is C13H10N4O2. The van der Waals surface area contributed by atoms with Crippen molar-refractivity contribution in [1.29, 1.82) is 0 Å². The Bertz CT molecular complexity index is 675. The van der Waals surface area contributed by atoms with Gasteiger partial charge in [0.2, 0.25) is 0 Å². The van der Waals surface area contributed by atoms with Crippen LogP contribution in [0.25, 0.3) is 5.69 Å². The van der Waals surface area contributed by atoms with Crippen LogP contribution in [-0.4, -0.2) is 20.7 Å². The van der Waals surface area contributed by atoms with E-state index >= 15 is 0 Å². The number of hydrogen-bond donors (Lipinski definition) is 1. The molecule has 0 aliphatic heterocycles. The maximum atomic E-state index is 11.9. The van der Waals surface area contributed by atoms with Gasteiger partial charge in [0.1, 0.15) is 12.7 Å². The maximum Gasteiger partial charge on any atom is 0.291 e. The van der Waals surface area contributed by atoms with Gasteiger partial charge < -0.3 is 9.73 Å². The number of rotatable bonds is 3. The lowest BCUT2D eigenvalue weighted by Gasteiger charge is -2.09. The van der Waals surface area contributed by atoms with Gasteiger partial charge in [0.05, 0.1) is 17.6 Å². The zero-order valence-electron chi connectivity index (χ0n) is 9.85. The lowest BCUT2D eigenvalue weighted by atomic mass is 10.2. The standard InChI is InChI=1S/C13H10N4O2/c18-13(12-6-3-7-19-12)16-10-4-1-2-5-11(10)17-9-14-8-15-17/h1-9H,(H,16,18). The van der Waals surface area contributed by atoms with Crippen molar-refractivity contribution in [2.24, 2.45) is 0 Å². The summed E-state index contributed by atoms with van der Waals surface area (Å²) in [7, 11) is 0. The minimum Gasteiger partial charge on any atom is -0.459 e. The SMILES string of the molecule is O=C(Nc1ccccc1-n1cncn1)c1ccco1. The number of amides is 1. The monoisotopic (exact) mass is 254 g/mol. The zero-order valence-corrected chi connectivity index (χ0v) is 9.85. The summed E-state index contributed by atoms with van der Waals surface area (Å²) >= 11 is 0. The number of furan rings is 1. The van der Waals surface area contributed by atoms with Gasteiger partial charge in [-0.2, -0.15) is 5.10 Å². The Morgan fingerprint density at radius 3 is 2.84 bits per heavy atom. The highest BCUT2D eigenvalue weighted by Gasteiger charge is 2.12. The number of carbonyl (C=O) groups is 1. The van der Waals surface area contributed by atoms with Crippen LogP contribution in [0.15, 0.2) is 59.7 Å². The van der Waals surface area contributed by atoms with E-state index in [9.17, 15) is 4.79 Å². The van der Waals surface area contributed by atoms with Gasteiger partial charge in [0.15, 0.2) is 5.76 Å². The van der Waals surface area contributed by atoms with Crippen LogP contribution >= 0.6 is 0 Å². The largest absolute Gasteiger partial charge is 0.459 e. The molecule has 0 saturated heterocycles. The lowest BCUT2D eigenvalue weighted by molar-refractivity contribution is 0.0996. The molecule has 1 amide bonds. The van der Waals surface area contributed by atoms with E-state index < -0.39 is 0 Å². The second-order valence-corrected chi connectivity index (χ2v) is 3.79. The molecule has 6 nitrogen and oxygen atoms in total. The molecule has 0 aliphatic carbocycles. The maximum absolute atomic E-state index is 11.9.